The minimum Gasteiger partial charge on any atom is -0.397 e. The van der Waals surface area contributed by atoms with Gasteiger partial charge in [0.1, 0.15) is 4.90 Å². The van der Waals surface area contributed by atoms with Crippen LogP contribution >= 0.6 is 0 Å². The minimum absolute atomic E-state index is 0.0891. The fourth-order valence-electron chi connectivity index (χ4n) is 1.60. The van der Waals surface area contributed by atoms with Crippen LogP contribution in [-0.2, 0) is 10.1 Å². The fourth-order valence-corrected chi connectivity index (χ4v) is 2.26. The van der Waals surface area contributed by atoms with Gasteiger partial charge in [0.05, 0.1) is 17.1 Å². The largest absolute Gasteiger partial charge is 0.397 e. The maximum absolute atomic E-state index is 11.3. The smallest absolute Gasteiger partial charge is 0.296 e. The molecule has 0 amide bonds. The summed E-state index contributed by atoms with van der Waals surface area (Å²) in [5.74, 6) is 0. The molecule has 0 fully saturated rings. The van der Waals surface area contributed by atoms with E-state index >= 15 is 0 Å². The Morgan fingerprint density at radius 3 is 2.16 bits per heavy atom. The summed E-state index contributed by atoms with van der Waals surface area (Å²) in [7, 11) is -4.39. The third-order valence-electron chi connectivity index (χ3n) is 2.52. The highest BCUT2D eigenvalue weighted by Crippen LogP contribution is 2.30. The zero-order chi connectivity index (χ0) is 14.0. The molecule has 0 unspecified atom stereocenters. The molecule has 100 valence electrons. The standard InChI is InChI=1S/C12H13N3O3S/c13-9-6-11(15-8-4-2-1-3-5-8)12(7-10(9)14)19(16,17)18/h1-7,15H,13-14H2,(H,16,17,18). The molecule has 0 bridgehead atoms. The first-order chi connectivity index (χ1) is 8.88. The van der Waals surface area contributed by atoms with Crippen molar-refractivity contribution < 1.29 is 13.0 Å². The molecule has 19 heavy (non-hydrogen) atoms. The molecule has 0 heterocycles. The van der Waals surface area contributed by atoms with Crippen molar-refractivity contribution in [3.8, 4) is 0 Å². The van der Waals surface area contributed by atoms with Crippen LogP contribution in [0.4, 0.5) is 22.7 Å². The number of hydrogen-bond acceptors (Lipinski definition) is 5. The second kappa shape index (κ2) is 4.79. The Balaban J connectivity index is 2.53. The van der Waals surface area contributed by atoms with Gasteiger partial charge >= 0.3 is 0 Å². The Bertz CT molecular complexity index is 700. The number of nitrogens with one attached hydrogen (secondary N) is 1. The number of hydrogen-bond donors (Lipinski definition) is 4. The zero-order valence-corrected chi connectivity index (χ0v) is 10.7. The summed E-state index contributed by atoms with van der Waals surface area (Å²) < 4.78 is 31.9. The average Bonchev–Trinajstić information content (AvgIpc) is 2.33. The predicted molar refractivity (Wildman–Crippen MR) is 74.8 cm³/mol. The van der Waals surface area contributed by atoms with E-state index in [0.29, 0.717) is 5.69 Å². The van der Waals surface area contributed by atoms with Crippen LogP contribution in [-0.4, -0.2) is 13.0 Å². The van der Waals surface area contributed by atoms with Crippen molar-refractivity contribution in [1.29, 1.82) is 0 Å². The quantitative estimate of drug-likeness (QED) is 0.503. The first kappa shape index (κ1) is 13.2. The van der Waals surface area contributed by atoms with Crippen molar-refractivity contribution in [3.05, 3.63) is 42.5 Å². The molecule has 2 aromatic carbocycles. The summed E-state index contributed by atoms with van der Waals surface area (Å²) in [5, 5.41) is 2.87. The molecule has 0 radical (unpaired) electrons. The SMILES string of the molecule is Nc1cc(Nc2ccccc2)c(S(=O)(=O)O)cc1N. The van der Waals surface area contributed by atoms with Crippen LogP contribution in [0.1, 0.15) is 0 Å². The van der Waals surface area contributed by atoms with Gasteiger partial charge in [-0.2, -0.15) is 8.42 Å². The first-order valence-electron chi connectivity index (χ1n) is 5.36. The molecule has 2 aromatic rings. The van der Waals surface area contributed by atoms with Crippen molar-refractivity contribution >= 4 is 32.9 Å². The third-order valence-corrected chi connectivity index (χ3v) is 3.41. The molecule has 0 aliphatic rings. The van der Waals surface area contributed by atoms with Crippen molar-refractivity contribution in [3.63, 3.8) is 0 Å². The van der Waals surface area contributed by atoms with E-state index < -0.39 is 10.1 Å². The topological polar surface area (TPSA) is 118 Å². The molecular weight excluding hydrogens is 266 g/mol. The molecule has 6 N–H and O–H groups in total. The van der Waals surface area contributed by atoms with Gasteiger partial charge in [0.2, 0.25) is 0 Å². The summed E-state index contributed by atoms with van der Waals surface area (Å²) in [6.45, 7) is 0. The number of anilines is 4. The molecule has 2 rings (SSSR count). The van der Waals surface area contributed by atoms with Gasteiger partial charge < -0.3 is 16.8 Å². The van der Waals surface area contributed by atoms with E-state index in [2.05, 4.69) is 5.32 Å². The molecule has 0 spiro atoms. The van der Waals surface area contributed by atoms with Crippen LogP contribution in [0, 0.1) is 0 Å². The Kier molecular flexibility index (Phi) is 3.32. The molecule has 6 nitrogen and oxygen atoms in total. The van der Waals surface area contributed by atoms with E-state index in [-0.39, 0.29) is 22.0 Å². The van der Waals surface area contributed by atoms with E-state index in [1.54, 1.807) is 24.3 Å². The van der Waals surface area contributed by atoms with Crippen LogP contribution < -0.4 is 16.8 Å². The zero-order valence-electron chi connectivity index (χ0n) is 9.87. The maximum Gasteiger partial charge on any atom is 0.296 e. The lowest BCUT2D eigenvalue weighted by Gasteiger charge is -2.12. The maximum atomic E-state index is 11.3. The van der Waals surface area contributed by atoms with Gasteiger partial charge in [-0.15, -0.1) is 0 Å². The van der Waals surface area contributed by atoms with Crippen LogP contribution in [0.25, 0.3) is 0 Å². The highest BCUT2D eigenvalue weighted by molar-refractivity contribution is 7.86. The molecule has 0 atom stereocenters. The minimum atomic E-state index is -4.39. The molecular formula is C12H13N3O3S. The van der Waals surface area contributed by atoms with Gasteiger partial charge in [-0.05, 0) is 24.3 Å². The third kappa shape index (κ3) is 2.95. The predicted octanol–water partition coefficient (Wildman–Crippen LogP) is 1.84. The summed E-state index contributed by atoms with van der Waals surface area (Å²) in [6.07, 6.45) is 0. The van der Waals surface area contributed by atoms with Gasteiger partial charge in [-0.25, -0.2) is 0 Å². The van der Waals surface area contributed by atoms with Crippen molar-refractivity contribution in [2.24, 2.45) is 0 Å². The Hall–Kier alpha value is -2.25. The second-order valence-electron chi connectivity index (χ2n) is 3.94. The van der Waals surface area contributed by atoms with E-state index in [1.165, 1.54) is 6.07 Å². The monoisotopic (exact) mass is 279 g/mol. The van der Waals surface area contributed by atoms with Gasteiger partial charge in [0, 0.05) is 5.69 Å². The van der Waals surface area contributed by atoms with E-state index in [4.69, 9.17) is 11.5 Å². The van der Waals surface area contributed by atoms with Gasteiger partial charge in [0.15, 0.2) is 0 Å². The first-order valence-corrected chi connectivity index (χ1v) is 6.80. The summed E-state index contributed by atoms with van der Waals surface area (Å²) in [6, 6.07) is 11.4. The van der Waals surface area contributed by atoms with Gasteiger partial charge in [-0.3, -0.25) is 4.55 Å². The van der Waals surface area contributed by atoms with Gasteiger partial charge in [-0.1, -0.05) is 18.2 Å². The molecule has 0 aliphatic carbocycles. The van der Waals surface area contributed by atoms with Crippen LogP contribution in [0.5, 0.6) is 0 Å². The average molecular weight is 279 g/mol. The van der Waals surface area contributed by atoms with Crippen LogP contribution in [0.2, 0.25) is 0 Å². The van der Waals surface area contributed by atoms with E-state index in [9.17, 15) is 13.0 Å². The highest BCUT2D eigenvalue weighted by Gasteiger charge is 2.17. The Morgan fingerprint density at radius 1 is 1.00 bits per heavy atom. The number of nitrogens with two attached hydrogens (primary N) is 2. The normalized spacial score (nSPS) is 11.2. The summed E-state index contributed by atoms with van der Waals surface area (Å²) in [4.78, 5) is -0.317. The van der Waals surface area contributed by atoms with E-state index in [0.717, 1.165) is 6.07 Å². The van der Waals surface area contributed by atoms with Gasteiger partial charge in [0.25, 0.3) is 10.1 Å². The van der Waals surface area contributed by atoms with Crippen LogP contribution in [0.15, 0.2) is 47.4 Å². The van der Waals surface area contributed by atoms with Crippen molar-refractivity contribution in [1.82, 2.24) is 0 Å². The number of rotatable bonds is 3. The van der Waals surface area contributed by atoms with E-state index in [1.807, 2.05) is 6.07 Å². The van der Waals surface area contributed by atoms with Crippen LogP contribution in [0.3, 0.4) is 0 Å². The fraction of sp³-hybridized carbons (Fsp3) is 0. The Labute approximate surface area is 110 Å². The highest BCUT2D eigenvalue weighted by atomic mass is 32.2. The summed E-state index contributed by atoms with van der Waals surface area (Å²) in [5.41, 5.74) is 12.3. The number of para-hydroxylation sites is 1. The number of benzene rings is 2. The molecule has 0 saturated carbocycles. The summed E-state index contributed by atoms with van der Waals surface area (Å²) >= 11 is 0. The lowest BCUT2D eigenvalue weighted by molar-refractivity contribution is 0.483. The Morgan fingerprint density at radius 2 is 1.58 bits per heavy atom. The molecule has 0 aromatic heterocycles. The van der Waals surface area contributed by atoms with Crippen molar-refractivity contribution in [2.45, 2.75) is 4.90 Å². The lowest BCUT2D eigenvalue weighted by Crippen LogP contribution is -2.06. The van der Waals surface area contributed by atoms with Crippen molar-refractivity contribution in [2.75, 3.05) is 16.8 Å². The number of nitrogen functional groups attached to an aromatic ring is 2. The lowest BCUT2D eigenvalue weighted by atomic mass is 10.2. The molecule has 0 aliphatic heterocycles. The second-order valence-corrected chi connectivity index (χ2v) is 5.33. The molecule has 7 heteroatoms. The molecule has 0 saturated heterocycles.